The second kappa shape index (κ2) is 8.08. The molecule has 1 aromatic rings. The van der Waals surface area contributed by atoms with Gasteiger partial charge in [-0.25, -0.2) is 8.78 Å². The van der Waals surface area contributed by atoms with Crippen molar-refractivity contribution in [1.29, 1.82) is 0 Å². The van der Waals surface area contributed by atoms with Gasteiger partial charge < -0.3 is 15.4 Å². The van der Waals surface area contributed by atoms with E-state index in [-0.39, 0.29) is 23.6 Å². The van der Waals surface area contributed by atoms with Gasteiger partial charge in [0.05, 0.1) is 6.10 Å². The summed E-state index contributed by atoms with van der Waals surface area (Å²) in [4.78, 5) is 4.07. The predicted octanol–water partition coefficient (Wildman–Crippen LogP) is 2.69. The van der Waals surface area contributed by atoms with E-state index in [4.69, 9.17) is 4.74 Å². The lowest BCUT2D eigenvalue weighted by Crippen LogP contribution is -2.45. The number of methoxy groups -OCH3 is 1. The molecule has 6 heteroatoms. The Morgan fingerprint density at radius 2 is 1.95 bits per heavy atom. The summed E-state index contributed by atoms with van der Waals surface area (Å²) in [5.41, 5.74) is 0.233. The first-order valence-electron chi connectivity index (χ1n) is 7.19. The topological polar surface area (TPSA) is 45.7 Å². The summed E-state index contributed by atoms with van der Waals surface area (Å²) >= 11 is 0. The maximum absolute atomic E-state index is 13.6. The Bertz CT molecular complexity index is 513. The fourth-order valence-electron chi connectivity index (χ4n) is 2.01. The van der Waals surface area contributed by atoms with Crippen molar-refractivity contribution in [3.05, 3.63) is 35.4 Å². The number of ether oxygens (including phenoxy) is 1. The Labute approximate surface area is 131 Å². The van der Waals surface area contributed by atoms with Crippen molar-refractivity contribution >= 4 is 5.96 Å². The van der Waals surface area contributed by atoms with Crippen molar-refractivity contribution in [2.45, 2.75) is 33.4 Å². The average molecular weight is 313 g/mol. The fourth-order valence-corrected chi connectivity index (χ4v) is 2.01. The third-order valence-corrected chi connectivity index (χ3v) is 3.38. The van der Waals surface area contributed by atoms with Crippen molar-refractivity contribution < 1.29 is 13.5 Å². The fraction of sp³-hybridized carbons (Fsp3) is 0.562. The van der Waals surface area contributed by atoms with Crippen LogP contribution in [0.25, 0.3) is 0 Å². The smallest absolute Gasteiger partial charge is 0.191 e. The maximum Gasteiger partial charge on any atom is 0.191 e. The summed E-state index contributed by atoms with van der Waals surface area (Å²) in [5.74, 6) is -0.405. The first-order valence-corrected chi connectivity index (χ1v) is 7.19. The van der Waals surface area contributed by atoms with Gasteiger partial charge in [-0.05, 0) is 23.6 Å². The summed E-state index contributed by atoms with van der Waals surface area (Å²) in [7, 11) is 3.28. The van der Waals surface area contributed by atoms with Crippen molar-refractivity contribution in [2.24, 2.45) is 10.4 Å². The quantitative estimate of drug-likeness (QED) is 0.649. The van der Waals surface area contributed by atoms with E-state index in [1.807, 2.05) is 0 Å². The molecular formula is C16H25F2N3O. The normalized spacial score (nSPS) is 13.9. The zero-order valence-corrected chi connectivity index (χ0v) is 13.8. The summed E-state index contributed by atoms with van der Waals surface area (Å²) in [6.07, 6.45) is -0.00282. The van der Waals surface area contributed by atoms with Crippen LogP contribution in [0.2, 0.25) is 0 Å². The predicted molar refractivity (Wildman–Crippen MR) is 84.8 cm³/mol. The highest BCUT2D eigenvalue weighted by Gasteiger charge is 2.24. The van der Waals surface area contributed by atoms with E-state index in [9.17, 15) is 8.78 Å². The van der Waals surface area contributed by atoms with Crippen LogP contribution in [0.3, 0.4) is 0 Å². The summed E-state index contributed by atoms with van der Waals surface area (Å²) in [6, 6.07) is 3.38. The zero-order chi connectivity index (χ0) is 16.8. The van der Waals surface area contributed by atoms with E-state index >= 15 is 0 Å². The Morgan fingerprint density at radius 1 is 1.27 bits per heavy atom. The molecule has 0 heterocycles. The molecule has 124 valence electrons. The minimum Gasteiger partial charge on any atom is -0.379 e. The van der Waals surface area contributed by atoms with Crippen LogP contribution < -0.4 is 10.6 Å². The molecule has 0 spiro atoms. The number of aliphatic imine (C=N–C) groups is 1. The zero-order valence-electron chi connectivity index (χ0n) is 13.8. The molecule has 1 aromatic carbocycles. The van der Waals surface area contributed by atoms with Gasteiger partial charge in [-0.15, -0.1) is 0 Å². The van der Waals surface area contributed by atoms with Gasteiger partial charge in [0.1, 0.15) is 11.6 Å². The average Bonchev–Trinajstić information content (AvgIpc) is 2.44. The number of guanidine groups is 1. The van der Waals surface area contributed by atoms with E-state index in [1.54, 1.807) is 14.2 Å². The Hall–Kier alpha value is -1.69. The minimum absolute atomic E-state index is 0.00282. The maximum atomic E-state index is 13.6. The van der Waals surface area contributed by atoms with Crippen LogP contribution >= 0.6 is 0 Å². The number of nitrogens with one attached hydrogen (secondary N) is 2. The first kappa shape index (κ1) is 18.4. The molecule has 4 nitrogen and oxygen atoms in total. The van der Waals surface area contributed by atoms with Crippen LogP contribution in [0, 0.1) is 17.0 Å². The van der Waals surface area contributed by atoms with Crippen molar-refractivity contribution in [3.8, 4) is 0 Å². The first-order chi connectivity index (χ1) is 10.3. The molecule has 1 atom stereocenters. The molecule has 0 saturated heterocycles. The van der Waals surface area contributed by atoms with E-state index in [2.05, 4.69) is 36.4 Å². The summed E-state index contributed by atoms with van der Waals surface area (Å²) in [6.45, 7) is 6.96. The molecule has 0 bridgehead atoms. The third kappa shape index (κ3) is 5.60. The van der Waals surface area contributed by atoms with Gasteiger partial charge in [0.2, 0.25) is 0 Å². The molecule has 0 aliphatic carbocycles. The molecule has 0 amide bonds. The highest BCUT2D eigenvalue weighted by Crippen LogP contribution is 2.20. The number of halogens is 2. The second-order valence-corrected chi connectivity index (χ2v) is 6.13. The molecule has 2 N–H and O–H groups in total. The largest absolute Gasteiger partial charge is 0.379 e. The number of hydrogen-bond acceptors (Lipinski definition) is 2. The van der Waals surface area contributed by atoms with E-state index in [0.29, 0.717) is 12.5 Å². The van der Waals surface area contributed by atoms with Crippen LogP contribution in [0.5, 0.6) is 0 Å². The van der Waals surface area contributed by atoms with Crippen LogP contribution in [-0.4, -0.2) is 32.8 Å². The van der Waals surface area contributed by atoms with Crippen LogP contribution in [0.1, 0.15) is 26.3 Å². The second-order valence-electron chi connectivity index (χ2n) is 6.13. The number of benzene rings is 1. The lowest BCUT2D eigenvalue weighted by atomic mass is 9.89. The molecule has 0 aliphatic heterocycles. The molecular weight excluding hydrogens is 288 g/mol. The lowest BCUT2D eigenvalue weighted by molar-refractivity contribution is 0.0205. The molecule has 0 fully saturated rings. The minimum atomic E-state index is -0.465. The van der Waals surface area contributed by atoms with Gasteiger partial charge in [0.15, 0.2) is 5.96 Å². The highest BCUT2D eigenvalue weighted by molar-refractivity contribution is 5.79. The molecule has 1 rings (SSSR count). The van der Waals surface area contributed by atoms with Gasteiger partial charge >= 0.3 is 0 Å². The number of rotatable bonds is 5. The Kier molecular flexibility index (Phi) is 6.74. The number of nitrogens with zero attached hydrogens (tertiary/aromatic N) is 1. The van der Waals surface area contributed by atoms with Gasteiger partial charge in [-0.3, -0.25) is 4.99 Å². The number of hydrogen-bond donors (Lipinski definition) is 2. The van der Waals surface area contributed by atoms with Gasteiger partial charge in [0.25, 0.3) is 0 Å². The summed E-state index contributed by atoms with van der Waals surface area (Å²) in [5, 5.41) is 6.09. The van der Waals surface area contributed by atoms with E-state index in [0.717, 1.165) is 12.1 Å². The van der Waals surface area contributed by atoms with Crippen molar-refractivity contribution in [1.82, 2.24) is 10.6 Å². The molecule has 0 saturated carbocycles. The Balaban J connectivity index is 2.58. The SMILES string of the molecule is CN=C(NCc1cc(F)ccc1F)NCC(OC)C(C)(C)C. The van der Waals surface area contributed by atoms with Crippen molar-refractivity contribution in [3.63, 3.8) is 0 Å². The molecule has 0 aliphatic rings. The Morgan fingerprint density at radius 3 is 2.50 bits per heavy atom. The monoisotopic (exact) mass is 313 g/mol. The lowest BCUT2D eigenvalue weighted by Gasteiger charge is -2.30. The summed E-state index contributed by atoms with van der Waals surface area (Å²) < 4.78 is 32.1. The molecule has 0 aromatic heterocycles. The molecule has 1 unspecified atom stereocenters. The highest BCUT2D eigenvalue weighted by atomic mass is 19.1. The van der Waals surface area contributed by atoms with Crippen molar-refractivity contribution in [2.75, 3.05) is 20.7 Å². The molecule has 0 radical (unpaired) electrons. The van der Waals surface area contributed by atoms with E-state index in [1.165, 1.54) is 6.07 Å². The standard InChI is InChI=1S/C16H25F2N3O/c1-16(2,3)14(22-5)10-21-15(19-4)20-9-11-8-12(17)6-7-13(11)18/h6-8,14H,9-10H2,1-5H3,(H2,19,20,21). The van der Waals surface area contributed by atoms with Gasteiger partial charge in [-0.2, -0.15) is 0 Å². The van der Waals surface area contributed by atoms with Crippen LogP contribution in [-0.2, 0) is 11.3 Å². The van der Waals surface area contributed by atoms with E-state index < -0.39 is 11.6 Å². The van der Waals surface area contributed by atoms with Crippen LogP contribution in [0.15, 0.2) is 23.2 Å². The van der Waals surface area contributed by atoms with Gasteiger partial charge in [-0.1, -0.05) is 20.8 Å². The molecule has 22 heavy (non-hydrogen) atoms. The van der Waals surface area contributed by atoms with Gasteiger partial charge in [0, 0.05) is 32.8 Å². The third-order valence-electron chi connectivity index (χ3n) is 3.38. The van der Waals surface area contributed by atoms with Crippen LogP contribution in [0.4, 0.5) is 8.78 Å².